The molecular formula is C16H23N3OS. The minimum atomic E-state index is -0.342. The van der Waals surface area contributed by atoms with E-state index in [0.717, 1.165) is 28.9 Å². The normalized spacial score (nSPS) is 18.8. The number of thiophene rings is 1. The number of nitrogens with zero attached hydrogens (tertiary/aromatic N) is 2. The minimum Gasteiger partial charge on any atom is -0.383 e. The highest BCUT2D eigenvalue weighted by Gasteiger charge is 2.37. The number of ether oxygens (including phenoxy) is 1. The summed E-state index contributed by atoms with van der Waals surface area (Å²) in [6.07, 6.45) is 6.87. The average molecular weight is 305 g/mol. The van der Waals surface area contributed by atoms with Crippen molar-refractivity contribution in [2.24, 2.45) is 0 Å². The molecule has 21 heavy (non-hydrogen) atoms. The minimum absolute atomic E-state index is 0.342. The zero-order chi connectivity index (χ0) is 14.9. The quantitative estimate of drug-likeness (QED) is 0.865. The van der Waals surface area contributed by atoms with Crippen molar-refractivity contribution < 1.29 is 4.74 Å². The largest absolute Gasteiger partial charge is 0.383 e. The van der Waals surface area contributed by atoms with Crippen molar-refractivity contribution in [3.05, 3.63) is 16.8 Å². The molecule has 0 atom stereocenters. The Morgan fingerprint density at radius 3 is 2.62 bits per heavy atom. The Balaban J connectivity index is 2.09. The van der Waals surface area contributed by atoms with E-state index < -0.39 is 0 Å². The highest BCUT2D eigenvalue weighted by atomic mass is 32.1. The van der Waals surface area contributed by atoms with Crippen LogP contribution in [-0.4, -0.2) is 16.6 Å². The maximum atomic E-state index is 6.17. The van der Waals surface area contributed by atoms with E-state index >= 15 is 0 Å². The van der Waals surface area contributed by atoms with Crippen molar-refractivity contribution in [3.63, 3.8) is 0 Å². The first-order valence-electron chi connectivity index (χ1n) is 7.83. The Morgan fingerprint density at radius 1 is 1.24 bits per heavy atom. The highest BCUT2D eigenvalue weighted by Crippen LogP contribution is 2.39. The molecule has 2 aromatic rings. The molecular weight excluding hydrogens is 282 g/mol. The molecule has 1 aliphatic carbocycles. The number of nitrogen functional groups attached to an aromatic ring is 1. The molecule has 0 radical (unpaired) electrons. The molecule has 0 unspecified atom stereocenters. The van der Waals surface area contributed by atoms with Crippen molar-refractivity contribution in [2.75, 3.05) is 12.3 Å². The molecule has 0 spiro atoms. The average Bonchev–Trinajstić information content (AvgIpc) is 2.68. The molecule has 5 heteroatoms. The summed E-state index contributed by atoms with van der Waals surface area (Å²) in [6, 6.07) is 2.07. The van der Waals surface area contributed by atoms with Gasteiger partial charge in [0.1, 0.15) is 16.2 Å². The van der Waals surface area contributed by atoms with Gasteiger partial charge in [0.2, 0.25) is 0 Å². The molecule has 1 saturated carbocycles. The van der Waals surface area contributed by atoms with E-state index in [4.69, 9.17) is 15.5 Å². The highest BCUT2D eigenvalue weighted by molar-refractivity contribution is 7.18. The molecule has 1 aliphatic rings. The van der Waals surface area contributed by atoms with Crippen LogP contribution in [-0.2, 0) is 10.3 Å². The van der Waals surface area contributed by atoms with Crippen molar-refractivity contribution in [2.45, 2.75) is 58.0 Å². The first-order valence-corrected chi connectivity index (χ1v) is 8.64. The van der Waals surface area contributed by atoms with Gasteiger partial charge in [0, 0.05) is 11.5 Å². The zero-order valence-corrected chi connectivity index (χ0v) is 13.6. The van der Waals surface area contributed by atoms with E-state index in [-0.39, 0.29) is 5.60 Å². The molecule has 2 aromatic heterocycles. The molecule has 0 bridgehead atoms. The number of anilines is 1. The first-order chi connectivity index (χ1) is 10.1. The monoisotopic (exact) mass is 305 g/mol. The van der Waals surface area contributed by atoms with Gasteiger partial charge in [0.15, 0.2) is 5.82 Å². The maximum absolute atomic E-state index is 6.17. The van der Waals surface area contributed by atoms with Crippen LogP contribution in [0.4, 0.5) is 5.82 Å². The van der Waals surface area contributed by atoms with Crippen molar-refractivity contribution in [1.82, 2.24) is 9.97 Å². The SMILES string of the molecule is CCOC1(c2nc(N)c3cc(C)sc3n2)CCCCCC1. The predicted octanol–water partition coefficient (Wildman–Crippen LogP) is 4.17. The zero-order valence-electron chi connectivity index (χ0n) is 12.8. The van der Waals surface area contributed by atoms with Crippen LogP contribution in [0.25, 0.3) is 10.2 Å². The van der Waals surface area contributed by atoms with Crippen LogP contribution in [0.2, 0.25) is 0 Å². The van der Waals surface area contributed by atoms with Gasteiger partial charge >= 0.3 is 0 Å². The van der Waals surface area contributed by atoms with Gasteiger partial charge in [-0.3, -0.25) is 0 Å². The fourth-order valence-corrected chi connectivity index (χ4v) is 4.16. The van der Waals surface area contributed by atoms with Crippen LogP contribution in [0, 0.1) is 6.92 Å². The molecule has 3 rings (SSSR count). The van der Waals surface area contributed by atoms with Crippen molar-refractivity contribution in [3.8, 4) is 0 Å². The fourth-order valence-electron chi connectivity index (χ4n) is 3.28. The lowest BCUT2D eigenvalue weighted by Crippen LogP contribution is -2.32. The number of hydrogen-bond acceptors (Lipinski definition) is 5. The Kier molecular flexibility index (Phi) is 4.13. The Bertz CT molecular complexity index is 630. The molecule has 114 valence electrons. The summed E-state index contributed by atoms with van der Waals surface area (Å²) in [5, 5.41) is 0.974. The van der Waals surface area contributed by atoms with E-state index in [9.17, 15) is 0 Å². The van der Waals surface area contributed by atoms with Gasteiger partial charge in [0.05, 0.1) is 5.39 Å². The third kappa shape index (κ3) is 2.77. The lowest BCUT2D eigenvalue weighted by Gasteiger charge is -2.31. The Morgan fingerprint density at radius 2 is 1.95 bits per heavy atom. The molecule has 2 heterocycles. The van der Waals surface area contributed by atoms with E-state index in [1.807, 2.05) is 6.92 Å². The smallest absolute Gasteiger partial charge is 0.164 e. The van der Waals surface area contributed by atoms with Crippen LogP contribution < -0.4 is 5.73 Å². The fraction of sp³-hybridized carbons (Fsp3) is 0.625. The summed E-state index contributed by atoms with van der Waals surface area (Å²) >= 11 is 1.68. The number of rotatable bonds is 3. The third-order valence-corrected chi connectivity index (χ3v) is 5.23. The summed E-state index contributed by atoms with van der Waals surface area (Å²) in [4.78, 5) is 11.6. The summed E-state index contributed by atoms with van der Waals surface area (Å²) in [5.41, 5.74) is 5.83. The van der Waals surface area contributed by atoms with Crippen molar-refractivity contribution in [1.29, 1.82) is 0 Å². The second kappa shape index (κ2) is 5.89. The molecule has 1 fully saturated rings. The predicted molar refractivity (Wildman–Crippen MR) is 87.6 cm³/mol. The molecule has 2 N–H and O–H groups in total. The molecule has 0 saturated heterocycles. The van der Waals surface area contributed by atoms with Gasteiger partial charge in [-0.2, -0.15) is 0 Å². The summed E-state index contributed by atoms with van der Waals surface area (Å²) in [6.45, 7) is 4.81. The first kappa shape index (κ1) is 14.7. The molecule has 0 aliphatic heterocycles. The number of aromatic nitrogens is 2. The number of nitrogens with two attached hydrogens (primary N) is 1. The van der Waals surface area contributed by atoms with Crippen LogP contribution in [0.3, 0.4) is 0 Å². The van der Waals surface area contributed by atoms with Gasteiger partial charge in [0.25, 0.3) is 0 Å². The molecule has 4 nitrogen and oxygen atoms in total. The van der Waals surface area contributed by atoms with Gasteiger partial charge in [-0.15, -0.1) is 11.3 Å². The van der Waals surface area contributed by atoms with E-state index in [0.29, 0.717) is 12.4 Å². The second-order valence-electron chi connectivity index (χ2n) is 5.85. The summed E-state index contributed by atoms with van der Waals surface area (Å²) in [7, 11) is 0. The second-order valence-corrected chi connectivity index (χ2v) is 7.08. The van der Waals surface area contributed by atoms with Crippen LogP contribution in [0.15, 0.2) is 6.07 Å². The van der Waals surface area contributed by atoms with E-state index in [1.165, 1.54) is 30.6 Å². The standard InChI is InChI=1S/C16H23N3OS/c1-3-20-16(8-6-4-5-7-9-16)15-18-13(17)12-10-11(2)21-14(12)19-15/h10H,3-9H2,1-2H3,(H2,17,18,19). The van der Waals surface area contributed by atoms with E-state index in [2.05, 4.69) is 18.0 Å². The number of aryl methyl sites for hydroxylation is 1. The number of fused-ring (bicyclic) bond motifs is 1. The van der Waals surface area contributed by atoms with Gasteiger partial charge in [-0.25, -0.2) is 9.97 Å². The lowest BCUT2D eigenvalue weighted by atomic mass is 9.93. The Labute approximate surface area is 129 Å². The van der Waals surface area contributed by atoms with Gasteiger partial charge in [-0.05, 0) is 32.8 Å². The molecule has 0 amide bonds. The lowest BCUT2D eigenvalue weighted by molar-refractivity contribution is -0.0620. The van der Waals surface area contributed by atoms with Crippen LogP contribution in [0.1, 0.15) is 56.2 Å². The van der Waals surface area contributed by atoms with Crippen LogP contribution >= 0.6 is 11.3 Å². The Hall–Kier alpha value is -1.20. The molecule has 0 aromatic carbocycles. The van der Waals surface area contributed by atoms with Crippen LogP contribution in [0.5, 0.6) is 0 Å². The topological polar surface area (TPSA) is 61.0 Å². The van der Waals surface area contributed by atoms with Crippen molar-refractivity contribution >= 4 is 27.4 Å². The van der Waals surface area contributed by atoms with Gasteiger partial charge < -0.3 is 10.5 Å². The summed E-state index contributed by atoms with van der Waals surface area (Å²) < 4.78 is 6.17. The summed E-state index contributed by atoms with van der Waals surface area (Å²) in [5.74, 6) is 1.38. The third-order valence-electron chi connectivity index (χ3n) is 4.28. The maximum Gasteiger partial charge on any atom is 0.164 e. The number of hydrogen-bond donors (Lipinski definition) is 1. The van der Waals surface area contributed by atoms with Gasteiger partial charge in [-0.1, -0.05) is 25.7 Å². The van der Waals surface area contributed by atoms with E-state index in [1.54, 1.807) is 11.3 Å².